The average Bonchev–Trinajstić information content (AvgIpc) is 2.56. The number of nitrogen functional groups attached to an aromatic ring is 1. The van der Waals surface area contributed by atoms with Gasteiger partial charge in [0.25, 0.3) is 0 Å². The Morgan fingerprint density at radius 3 is 2.83 bits per heavy atom. The third-order valence-corrected chi connectivity index (χ3v) is 3.10. The number of hydrogen-bond donors (Lipinski definition) is 1. The molecule has 0 saturated carbocycles. The lowest BCUT2D eigenvalue weighted by molar-refractivity contribution is 0.388. The van der Waals surface area contributed by atoms with Crippen molar-refractivity contribution in [1.82, 2.24) is 14.5 Å². The minimum absolute atomic E-state index is 0.0938. The fraction of sp³-hybridized carbons (Fsp3) is 0.417. The summed E-state index contributed by atoms with van der Waals surface area (Å²) in [6.07, 6.45) is 0.942. The van der Waals surface area contributed by atoms with E-state index >= 15 is 0 Å². The van der Waals surface area contributed by atoms with E-state index < -0.39 is 5.82 Å². The molecule has 4 nitrogen and oxygen atoms in total. The molecule has 0 aliphatic rings. The van der Waals surface area contributed by atoms with Gasteiger partial charge in [0, 0.05) is 12.6 Å². The van der Waals surface area contributed by atoms with Crippen molar-refractivity contribution in [3.8, 4) is 0 Å². The smallest absolute Gasteiger partial charge is 0.201 e. The van der Waals surface area contributed by atoms with Crippen LogP contribution in [0, 0.1) is 5.82 Å². The van der Waals surface area contributed by atoms with Crippen LogP contribution in [0.4, 0.5) is 10.3 Å². The number of imidazole rings is 1. The summed E-state index contributed by atoms with van der Waals surface area (Å²) in [7, 11) is 4.03. The fourth-order valence-electron chi connectivity index (χ4n) is 1.92. The maximum absolute atomic E-state index is 13.3. The second-order valence-corrected chi connectivity index (χ2v) is 4.94. The Kier molecular flexibility index (Phi) is 3.73. The van der Waals surface area contributed by atoms with Crippen LogP contribution in [0.3, 0.4) is 0 Å². The minimum atomic E-state index is -0.470. The Bertz CT molecular complexity index is 565. The number of benzene rings is 1. The molecule has 0 saturated heterocycles. The molecule has 0 bridgehead atoms. The topological polar surface area (TPSA) is 47.1 Å². The summed E-state index contributed by atoms with van der Waals surface area (Å²) in [5.41, 5.74) is 7.16. The molecule has 0 spiro atoms. The SMILES string of the molecule is CN(C)CCCn1c(N)nc2cc(F)c(Cl)cc21. The minimum Gasteiger partial charge on any atom is -0.369 e. The number of hydrogen-bond acceptors (Lipinski definition) is 3. The summed E-state index contributed by atoms with van der Waals surface area (Å²) in [5.74, 6) is -0.0764. The summed E-state index contributed by atoms with van der Waals surface area (Å²) in [6, 6.07) is 2.89. The van der Waals surface area contributed by atoms with Gasteiger partial charge < -0.3 is 15.2 Å². The van der Waals surface area contributed by atoms with Gasteiger partial charge in [-0.3, -0.25) is 0 Å². The quantitative estimate of drug-likeness (QED) is 0.928. The van der Waals surface area contributed by atoms with Crippen LogP contribution in [-0.4, -0.2) is 35.1 Å². The summed E-state index contributed by atoms with van der Waals surface area (Å²) >= 11 is 5.79. The number of nitrogens with zero attached hydrogens (tertiary/aromatic N) is 3. The third kappa shape index (κ3) is 2.57. The Morgan fingerprint density at radius 1 is 1.44 bits per heavy atom. The Balaban J connectivity index is 2.31. The Hall–Kier alpha value is -1.33. The molecule has 0 atom stereocenters. The van der Waals surface area contributed by atoms with Crippen LogP contribution in [0.2, 0.25) is 5.02 Å². The van der Waals surface area contributed by atoms with E-state index in [0.717, 1.165) is 25.0 Å². The molecule has 18 heavy (non-hydrogen) atoms. The van der Waals surface area contributed by atoms with Crippen LogP contribution in [0.25, 0.3) is 11.0 Å². The van der Waals surface area contributed by atoms with Crippen LogP contribution in [0.1, 0.15) is 6.42 Å². The molecular formula is C12H16ClFN4. The molecule has 0 fully saturated rings. The van der Waals surface area contributed by atoms with E-state index in [9.17, 15) is 4.39 Å². The first-order valence-corrected chi connectivity index (χ1v) is 6.12. The van der Waals surface area contributed by atoms with Crippen molar-refractivity contribution >= 4 is 28.6 Å². The molecule has 6 heteroatoms. The van der Waals surface area contributed by atoms with E-state index in [1.807, 2.05) is 18.7 Å². The lowest BCUT2D eigenvalue weighted by Crippen LogP contribution is -2.15. The van der Waals surface area contributed by atoms with Gasteiger partial charge in [-0.15, -0.1) is 0 Å². The first-order chi connectivity index (χ1) is 8.49. The van der Waals surface area contributed by atoms with E-state index in [1.165, 1.54) is 6.07 Å². The zero-order valence-electron chi connectivity index (χ0n) is 10.5. The lowest BCUT2D eigenvalue weighted by atomic mass is 10.3. The molecule has 0 radical (unpaired) electrons. The third-order valence-electron chi connectivity index (χ3n) is 2.81. The van der Waals surface area contributed by atoms with Crippen molar-refractivity contribution < 1.29 is 4.39 Å². The molecule has 0 amide bonds. The monoisotopic (exact) mass is 270 g/mol. The first kappa shape index (κ1) is 13.1. The van der Waals surface area contributed by atoms with Crippen molar-refractivity contribution in [2.24, 2.45) is 0 Å². The van der Waals surface area contributed by atoms with Crippen molar-refractivity contribution in [3.05, 3.63) is 23.0 Å². The van der Waals surface area contributed by atoms with Gasteiger partial charge in [-0.25, -0.2) is 9.37 Å². The summed E-state index contributed by atoms with van der Waals surface area (Å²) in [6.45, 7) is 1.69. The predicted molar refractivity (Wildman–Crippen MR) is 72.3 cm³/mol. The fourth-order valence-corrected chi connectivity index (χ4v) is 2.08. The molecule has 0 unspecified atom stereocenters. The Morgan fingerprint density at radius 2 is 2.17 bits per heavy atom. The number of aromatic nitrogens is 2. The van der Waals surface area contributed by atoms with Crippen LogP contribution < -0.4 is 5.73 Å². The van der Waals surface area contributed by atoms with Gasteiger partial charge >= 0.3 is 0 Å². The van der Waals surface area contributed by atoms with E-state index in [0.29, 0.717) is 11.5 Å². The van der Waals surface area contributed by atoms with Gasteiger partial charge in [-0.05, 0) is 33.1 Å². The van der Waals surface area contributed by atoms with Gasteiger partial charge in [0.05, 0.1) is 16.1 Å². The zero-order valence-corrected chi connectivity index (χ0v) is 11.2. The summed E-state index contributed by atoms with van der Waals surface area (Å²) < 4.78 is 15.2. The van der Waals surface area contributed by atoms with Crippen LogP contribution in [0.5, 0.6) is 0 Å². The predicted octanol–water partition coefficient (Wildman–Crippen LogP) is 2.36. The van der Waals surface area contributed by atoms with Crippen LogP contribution >= 0.6 is 11.6 Å². The molecule has 0 aliphatic carbocycles. The highest BCUT2D eigenvalue weighted by Gasteiger charge is 2.11. The van der Waals surface area contributed by atoms with Crippen molar-refractivity contribution in [2.45, 2.75) is 13.0 Å². The van der Waals surface area contributed by atoms with Crippen molar-refractivity contribution in [2.75, 3.05) is 26.4 Å². The van der Waals surface area contributed by atoms with Gasteiger partial charge in [0.2, 0.25) is 5.95 Å². The summed E-state index contributed by atoms with van der Waals surface area (Å²) in [4.78, 5) is 6.24. The van der Waals surface area contributed by atoms with Gasteiger partial charge in [-0.2, -0.15) is 0 Å². The lowest BCUT2D eigenvalue weighted by Gasteiger charge is -2.11. The number of rotatable bonds is 4. The molecule has 1 heterocycles. The summed E-state index contributed by atoms with van der Waals surface area (Å²) in [5, 5.41) is 0.0938. The van der Waals surface area contributed by atoms with E-state index in [-0.39, 0.29) is 5.02 Å². The van der Waals surface area contributed by atoms with Crippen LogP contribution in [-0.2, 0) is 6.54 Å². The highest BCUT2D eigenvalue weighted by Crippen LogP contribution is 2.24. The largest absolute Gasteiger partial charge is 0.369 e. The molecular weight excluding hydrogens is 255 g/mol. The molecule has 2 N–H and O–H groups in total. The molecule has 0 aliphatic heterocycles. The average molecular weight is 271 g/mol. The van der Waals surface area contributed by atoms with E-state index in [4.69, 9.17) is 17.3 Å². The van der Waals surface area contributed by atoms with E-state index in [1.54, 1.807) is 6.07 Å². The maximum atomic E-state index is 13.3. The number of halogens is 2. The standard InChI is InChI=1S/C12H16ClFN4/c1-17(2)4-3-5-18-11-6-8(13)9(14)7-10(11)16-12(18)15/h6-7H,3-5H2,1-2H3,(H2,15,16). The van der Waals surface area contributed by atoms with Crippen molar-refractivity contribution in [3.63, 3.8) is 0 Å². The normalized spacial score (nSPS) is 11.6. The second kappa shape index (κ2) is 5.12. The number of fused-ring (bicyclic) bond motifs is 1. The molecule has 2 aromatic rings. The molecule has 1 aromatic heterocycles. The highest BCUT2D eigenvalue weighted by atomic mass is 35.5. The Labute approximate surface area is 110 Å². The second-order valence-electron chi connectivity index (χ2n) is 4.53. The number of nitrogens with two attached hydrogens (primary N) is 1. The number of aryl methyl sites for hydroxylation is 1. The first-order valence-electron chi connectivity index (χ1n) is 5.74. The van der Waals surface area contributed by atoms with E-state index in [2.05, 4.69) is 9.88 Å². The van der Waals surface area contributed by atoms with Gasteiger partial charge in [-0.1, -0.05) is 11.6 Å². The molecule has 98 valence electrons. The zero-order chi connectivity index (χ0) is 13.3. The van der Waals surface area contributed by atoms with Gasteiger partial charge in [0.1, 0.15) is 5.82 Å². The molecule has 1 aromatic carbocycles. The molecule has 2 rings (SSSR count). The maximum Gasteiger partial charge on any atom is 0.201 e. The van der Waals surface area contributed by atoms with Crippen LogP contribution in [0.15, 0.2) is 12.1 Å². The van der Waals surface area contributed by atoms with Crippen molar-refractivity contribution in [1.29, 1.82) is 0 Å². The number of anilines is 1. The van der Waals surface area contributed by atoms with Gasteiger partial charge in [0.15, 0.2) is 0 Å². The highest BCUT2D eigenvalue weighted by molar-refractivity contribution is 6.31.